The number of hydrogen-bond acceptors (Lipinski definition) is 1. The van der Waals surface area contributed by atoms with Crippen molar-refractivity contribution in [1.82, 2.24) is 0 Å². The molecule has 1 aromatic carbocycles. The highest BCUT2D eigenvalue weighted by molar-refractivity contribution is 8.16. The van der Waals surface area contributed by atoms with Crippen LogP contribution in [0.5, 0.6) is 5.75 Å². The van der Waals surface area contributed by atoms with Gasteiger partial charge in [0.2, 0.25) is 0 Å². The van der Waals surface area contributed by atoms with Crippen LogP contribution in [0.3, 0.4) is 0 Å². The van der Waals surface area contributed by atoms with E-state index < -0.39 is 0 Å². The maximum atomic E-state index is 11.0. The molecule has 1 aromatic rings. The van der Waals surface area contributed by atoms with Crippen molar-refractivity contribution in [3.8, 4) is 5.75 Å². The Morgan fingerprint density at radius 2 is 0.944 bits per heavy atom. The van der Waals surface area contributed by atoms with Gasteiger partial charge in [0.25, 0.3) is 0 Å². The SMILES string of the molecule is CCCCCCCC[SH](CCCC)Cc1cc(C)c(O)c(C[SH](CCCC)CCCCCCCC)c1. The Labute approximate surface area is 232 Å². The zero-order valence-electron chi connectivity index (χ0n) is 25.1. The van der Waals surface area contributed by atoms with E-state index in [0.29, 0.717) is 5.75 Å². The fraction of sp³-hybridized carbons (Fsp3) is 0.818. The highest BCUT2D eigenvalue weighted by Crippen LogP contribution is 2.40. The summed E-state index contributed by atoms with van der Waals surface area (Å²) in [7, 11) is 0.0655. The number of rotatable bonds is 24. The lowest BCUT2D eigenvalue weighted by atomic mass is 10.1. The van der Waals surface area contributed by atoms with Gasteiger partial charge in [-0.25, -0.2) is 21.8 Å². The predicted molar refractivity (Wildman–Crippen MR) is 174 cm³/mol. The van der Waals surface area contributed by atoms with Crippen molar-refractivity contribution in [3.05, 3.63) is 28.8 Å². The Kier molecular flexibility index (Phi) is 21.3. The number of aryl methyl sites for hydroxylation is 1. The van der Waals surface area contributed by atoms with Gasteiger partial charge in [-0.15, -0.1) is 0 Å². The van der Waals surface area contributed by atoms with Crippen LogP contribution in [0.2, 0.25) is 0 Å². The van der Waals surface area contributed by atoms with Crippen LogP contribution in [0.25, 0.3) is 0 Å². The summed E-state index contributed by atoms with van der Waals surface area (Å²) >= 11 is 0. The highest BCUT2D eigenvalue weighted by atomic mass is 32.2. The topological polar surface area (TPSA) is 20.2 Å². The monoisotopic (exact) mass is 540 g/mol. The third-order valence-corrected chi connectivity index (χ3v) is 12.9. The molecule has 0 radical (unpaired) electrons. The molecule has 0 saturated carbocycles. The Bertz CT molecular complexity index is 645. The Balaban J connectivity index is 2.77. The molecule has 36 heavy (non-hydrogen) atoms. The second kappa shape index (κ2) is 22.7. The minimum absolute atomic E-state index is 0.00970. The van der Waals surface area contributed by atoms with Gasteiger partial charge in [-0.1, -0.05) is 117 Å². The van der Waals surface area contributed by atoms with Crippen molar-refractivity contribution in [3.63, 3.8) is 0 Å². The number of benzene rings is 1. The minimum atomic E-state index is -0.00970. The molecule has 0 aromatic heterocycles. The molecule has 0 saturated heterocycles. The Morgan fingerprint density at radius 3 is 1.44 bits per heavy atom. The predicted octanol–water partition coefficient (Wildman–Crippen LogP) is 11.0. The summed E-state index contributed by atoms with van der Waals surface area (Å²) in [5.41, 5.74) is 3.89. The summed E-state index contributed by atoms with van der Waals surface area (Å²) in [6, 6.07) is 4.73. The van der Waals surface area contributed by atoms with Crippen LogP contribution in [0, 0.1) is 6.92 Å². The van der Waals surface area contributed by atoms with E-state index in [1.807, 2.05) is 0 Å². The van der Waals surface area contributed by atoms with Crippen molar-refractivity contribution in [2.45, 2.75) is 149 Å². The number of hydrogen-bond donors (Lipinski definition) is 3. The maximum absolute atomic E-state index is 11.0. The van der Waals surface area contributed by atoms with Crippen LogP contribution in [0.4, 0.5) is 0 Å². The average Bonchev–Trinajstić information content (AvgIpc) is 2.87. The smallest absolute Gasteiger partial charge is 0.122 e. The van der Waals surface area contributed by atoms with Gasteiger partial charge in [0.15, 0.2) is 0 Å². The molecule has 2 atom stereocenters. The Hall–Kier alpha value is -0.280. The first-order valence-electron chi connectivity index (χ1n) is 15.8. The first-order chi connectivity index (χ1) is 17.5. The first kappa shape index (κ1) is 33.7. The van der Waals surface area contributed by atoms with E-state index in [4.69, 9.17) is 0 Å². The van der Waals surface area contributed by atoms with Crippen LogP contribution in [0.15, 0.2) is 12.1 Å². The van der Waals surface area contributed by atoms with Gasteiger partial charge < -0.3 is 5.11 Å². The average molecular weight is 541 g/mol. The summed E-state index contributed by atoms with van der Waals surface area (Å²) < 4.78 is 0. The summed E-state index contributed by atoms with van der Waals surface area (Å²) in [5.74, 6) is 8.64. The number of phenols is 1. The van der Waals surface area contributed by atoms with Crippen molar-refractivity contribution in [2.75, 3.05) is 23.0 Å². The molecule has 1 N–H and O–H groups in total. The number of thiol groups is 2. The normalized spacial score (nSPS) is 14.2. The van der Waals surface area contributed by atoms with Crippen molar-refractivity contribution in [1.29, 1.82) is 0 Å². The zero-order valence-corrected chi connectivity index (χ0v) is 26.8. The molecule has 0 aliphatic rings. The van der Waals surface area contributed by atoms with E-state index in [-0.39, 0.29) is 21.8 Å². The molecule has 2 unspecified atom stereocenters. The number of phenolic OH excluding ortho intramolecular Hbond substituents is 1. The van der Waals surface area contributed by atoms with Gasteiger partial charge in [-0.3, -0.25) is 0 Å². The quantitative estimate of drug-likeness (QED) is 0.0879. The fourth-order valence-electron chi connectivity index (χ4n) is 5.18. The number of unbranched alkanes of at least 4 members (excludes halogenated alkanes) is 12. The number of aromatic hydroxyl groups is 1. The zero-order chi connectivity index (χ0) is 26.4. The van der Waals surface area contributed by atoms with Gasteiger partial charge in [-0.05, 0) is 66.7 Å². The molecule has 0 heterocycles. The van der Waals surface area contributed by atoms with Gasteiger partial charge >= 0.3 is 0 Å². The fourth-order valence-corrected chi connectivity index (χ4v) is 10.5. The van der Waals surface area contributed by atoms with Crippen molar-refractivity contribution >= 4 is 21.8 Å². The molecule has 0 amide bonds. The lowest BCUT2D eigenvalue weighted by Crippen LogP contribution is -2.03. The largest absolute Gasteiger partial charge is 0.507 e. The third kappa shape index (κ3) is 15.9. The molecule has 0 fully saturated rings. The minimum Gasteiger partial charge on any atom is -0.507 e. The molecular weight excluding hydrogens is 476 g/mol. The molecule has 3 heteroatoms. The maximum Gasteiger partial charge on any atom is 0.122 e. The first-order valence-corrected chi connectivity index (χ1v) is 19.6. The summed E-state index contributed by atoms with van der Waals surface area (Å²) in [6.45, 7) is 11.4. The lowest BCUT2D eigenvalue weighted by Gasteiger charge is -2.25. The molecule has 0 spiro atoms. The summed E-state index contributed by atoms with van der Waals surface area (Å²) in [4.78, 5) is 0. The highest BCUT2D eigenvalue weighted by Gasteiger charge is 2.14. The summed E-state index contributed by atoms with van der Waals surface area (Å²) in [5, 5.41) is 11.0. The van der Waals surface area contributed by atoms with Gasteiger partial charge in [0.05, 0.1) is 0 Å². The van der Waals surface area contributed by atoms with E-state index in [1.165, 1.54) is 143 Å². The van der Waals surface area contributed by atoms with Crippen molar-refractivity contribution in [2.24, 2.45) is 0 Å². The molecule has 0 bridgehead atoms. The second-order valence-corrected chi connectivity index (χ2v) is 16.3. The molecule has 0 aliphatic heterocycles. The lowest BCUT2D eigenvalue weighted by molar-refractivity contribution is 0.466. The molecule has 214 valence electrons. The van der Waals surface area contributed by atoms with E-state index >= 15 is 0 Å². The molecule has 0 aliphatic carbocycles. The van der Waals surface area contributed by atoms with E-state index in [9.17, 15) is 5.11 Å². The molecular formula is C33H64OS2. The second-order valence-electron chi connectivity index (χ2n) is 11.2. The Morgan fingerprint density at radius 1 is 0.528 bits per heavy atom. The van der Waals surface area contributed by atoms with Crippen LogP contribution >= 0.6 is 21.8 Å². The van der Waals surface area contributed by atoms with Gasteiger partial charge in [0, 0.05) is 17.1 Å². The van der Waals surface area contributed by atoms with Crippen LogP contribution in [0.1, 0.15) is 147 Å². The van der Waals surface area contributed by atoms with Gasteiger partial charge in [0.1, 0.15) is 5.75 Å². The third-order valence-electron chi connectivity index (χ3n) is 7.55. The van der Waals surface area contributed by atoms with E-state index in [0.717, 1.165) is 11.3 Å². The van der Waals surface area contributed by atoms with Crippen LogP contribution in [-0.2, 0) is 11.5 Å². The summed E-state index contributed by atoms with van der Waals surface area (Å²) in [6.07, 6.45) is 22.1. The van der Waals surface area contributed by atoms with E-state index in [2.05, 4.69) is 46.8 Å². The van der Waals surface area contributed by atoms with E-state index in [1.54, 1.807) is 0 Å². The molecule has 1 rings (SSSR count). The standard InChI is InChI=1S/C33H64OS2/c1-6-10-14-16-18-20-24-35(22-12-8-3)28-31-26-30(5)33(34)32(27-31)29-36(23-13-9-4)25-21-19-17-15-11-7-2/h26-27,34-36H,6-25,28-29H2,1-5H3. The van der Waals surface area contributed by atoms with Crippen LogP contribution < -0.4 is 0 Å². The molecule has 1 nitrogen and oxygen atoms in total. The van der Waals surface area contributed by atoms with Crippen molar-refractivity contribution < 1.29 is 5.11 Å². The van der Waals surface area contributed by atoms with Crippen LogP contribution in [-0.4, -0.2) is 28.1 Å². The van der Waals surface area contributed by atoms with Gasteiger partial charge in [-0.2, -0.15) is 0 Å².